The molecule has 1 aromatic heterocycles. The molecule has 1 aromatic rings. The molecule has 0 atom stereocenters. The van der Waals surface area contributed by atoms with E-state index in [0.29, 0.717) is 26.2 Å². The van der Waals surface area contributed by atoms with Crippen molar-refractivity contribution >= 4 is 12.0 Å². The molecule has 0 saturated heterocycles. The van der Waals surface area contributed by atoms with E-state index in [0.717, 1.165) is 24.4 Å². The first-order valence-corrected chi connectivity index (χ1v) is 8.98. The highest BCUT2D eigenvalue weighted by Crippen LogP contribution is 2.25. The molecule has 0 aliphatic heterocycles. The van der Waals surface area contributed by atoms with Gasteiger partial charge in [-0.15, -0.1) is 0 Å². The highest BCUT2D eigenvalue weighted by Gasteiger charge is 2.35. The molecule has 0 bridgehead atoms. The van der Waals surface area contributed by atoms with Crippen molar-refractivity contribution in [2.45, 2.75) is 45.3 Å². The number of aryl methyl sites for hydroxylation is 1. The Labute approximate surface area is 154 Å². The summed E-state index contributed by atoms with van der Waals surface area (Å²) < 4.78 is 10.7. The van der Waals surface area contributed by atoms with E-state index in [1.807, 2.05) is 30.9 Å². The number of aliphatic carboxylic acids is 1. The van der Waals surface area contributed by atoms with E-state index in [1.54, 1.807) is 12.0 Å². The maximum Gasteiger partial charge on any atom is 0.318 e. The van der Waals surface area contributed by atoms with Gasteiger partial charge in [0.1, 0.15) is 11.5 Å². The minimum Gasteiger partial charge on any atom is -0.480 e. The number of nitrogens with one attached hydrogen (secondary N) is 1. The SMILES string of the molecule is CCN(CC(=O)O)C1CC(NC(=O)N(CCOC)Cc2ccc(C)o2)C1. The van der Waals surface area contributed by atoms with Crippen molar-refractivity contribution in [1.29, 1.82) is 0 Å². The lowest BCUT2D eigenvalue weighted by molar-refractivity contribution is -0.139. The lowest BCUT2D eigenvalue weighted by Crippen LogP contribution is -2.57. The topological polar surface area (TPSA) is 95.3 Å². The van der Waals surface area contributed by atoms with E-state index in [9.17, 15) is 9.59 Å². The molecule has 146 valence electrons. The summed E-state index contributed by atoms with van der Waals surface area (Å²) in [5.74, 6) is 0.727. The van der Waals surface area contributed by atoms with E-state index < -0.39 is 5.97 Å². The van der Waals surface area contributed by atoms with E-state index >= 15 is 0 Å². The number of furan rings is 1. The maximum atomic E-state index is 12.6. The number of carbonyl (C=O) groups is 2. The van der Waals surface area contributed by atoms with Crippen LogP contribution in [0.2, 0.25) is 0 Å². The van der Waals surface area contributed by atoms with Gasteiger partial charge in [0.25, 0.3) is 0 Å². The fourth-order valence-corrected chi connectivity index (χ4v) is 3.15. The Morgan fingerprint density at radius 2 is 2.12 bits per heavy atom. The third-order valence-corrected chi connectivity index (χ3v) is 4.70. The number of carboxylic acid groups (broad SMARTS) is 1. The molecule has 2 amide bonds. The summed E-state index contributed by atoms with van der Waals surface area (Å²) in [5, 5.41) is 12.0. The fraction of sp³-hybridized carbons (Fsp3) is 0.667. The molecule has 26 heavy (non-hydrogen) atoms. The van der Waals surface area contributed by atoms with Crippen molar-refractivity contribution < 1.29 is 23.8 Å². The van der Waals surface area contributed by atoms with Crippen LogP contribution in [0.15, 0.2) is 16.5 Å². The van der Waals surface area contributed by atoms with Gasteiger partial charge in [-0.25, -0.2) is 4.79 Å². The third-order valence-electron chi connectivity index (χ3n) is 4.70. The highest BCUT2D eigenvalue weighted by molar-refractivity contribution is 5.74. The maximum absolute atomic E-state index is 12.6. The van der Waals surface area contributed by atoms with E-state index in [-0.39, 0.29) is 24.7 Å². The van der Waals surface area contributed by atoms with Crippen molar-refractivity contribution in [1.82, 2.24) is 15.1 Å². The molecule has 1 aliphatic carbocycles. The highest BCUT2D eigenvalue weighted by atomic mass is 16.5. The molecule has 1 saturated carbocycles. The molecule has 2 rings (SSSR count). The van der Waals surface area contributed by atoms with Crippen LogP contribution in [-0.2, 0) is 16.1 Å². The van der Waals surface area contributed by atoms with Gasteiger partial charge in [0, 0.05) is 25.7 Å². The second-order valence-corrected chi connectivity index (χ2v) is 6.66. The largest absolute Gasteiger partial charge is 0.480 e. The molecule has 0 unspecified atom stereocenters. The lowest BCUT2D eigenvalue weighted by atomic mass is 9.85. The molecule has 8 heteroatoms. The van der Waals surface area contributed by atoms with Crippen LogP contribution >= 0.6 is 0 Å². The van der Waals surface area contributed by atoms with Gasteiger partial charge in [0.15, 0.2) is 0 Å². The lowest BCUT2D eigenvalue weighted by Gasteiger charge is -2.42. The summed E-state index contributed by atoms with van der Waals surface area (Å²) in [6.07, 6.45) is 1.54. The molecule has 2 N–H and O–H groups in total. The Bertz CT molecular complexity index is 597. The van der Waals surface area contributed by atoms with Crippen molar-refractivity contribution in [3.8, 4) is 0 Å². The average Bonchev–Trinajstić information content (AvgIpc) is 2.97. The normalized spacial score (nSPS) is 19.2. The third kappa shape index (κ3) is 5.74. The van der Waals surface area contributed by atoms with Crippen molar-refractivity contribution in [3.05, 3.63) is 23.7 Å². The summed E-state index contributed by atoms with van der Waals surface area (Å²) in [5.41, 5.74) is 0. The minimum absolute atomic E-state index is 0.0413. The summed E-state index contributed by atoms with van der Waals surface area (Å²) in [4.78, 5) is 27.1. The van der Waals surface area contributed by atoms with Gasteiger partial charge >= 0.3 is 12.0 Å². The molecule has 1 aliphatic rings. The first kappa shape index (κ1) is 20.3. The number of ether oxygens (including phenoxy) is 1. The van der Waals surface area contributed by atoms with Gasteiger partial charge in [-0.3, -0.25) is 9.69 Å². The number of carbonyl (C=O) groups excluding carboxylic acids is 1. The van der Waals surface area contributed by atoms with E-state index in [4.69, 9.17) is 14.3 Å². The standard InChI is InChI=1S/C18H29N3O5/c1-4-20(12-17(22)23)15-9-14(10-15)19-18(24)21(7-8-25-3)11-16-6-5-13(2)26-16/h5-6,14-15H,4,7-12H2,1-3H3,(H,19,24)(H,22,23). The van der Waals surface area contributed by atoms with Crippen LogP contribution < -0.4 is 5.32 Å². The molecule has 1 fully saturated rings. The van der Waals surface area contributed by atoms with Gasteiger partial charge in [-0.2, -0.15) is 0 Å². The summed E-state index contributed by atoms with van der Waals surface area (Å²) in [7, 11) is 1.60. The van der Waals surface area contributed by atoms with Gasteiger partial charge in [-0.05, 0) is 38.4 Å². The molecule has 0 spiro atoms. The number of amides is 2. The van der Waals surface area contributed by atoms with Crippen LogP contribution in [0.4, 0.5) is 4.79 Å². The van der Waals surface area contributed by atoms with E-state index in [2.05, 4.69) is 5.32 Å². The van der Waals surface area contributed by atoms with Crippen LogP contribution in [0.25, 0.3) is 0 Å². The number of hydrogen-bond donors (Lipinski definition) is 2. The monoisotopic (exact) mass is 367 g/mol. The zero-order valence-corrected chi connectivity index (χ0v) is 15.7. The summed E-state index contributed by atoms with van der Waals surface area (Å²) in [6, 6.07) is 3.87. The van der Waals surface area contributed by atoms with Crippen LogP contribution in [0.3, 0.4) is 0 Å². The molecule has 0 aromatic carbocycles. The predicted molar refractivity (Wildman–Crippen MR) is 96.0 cm³/mol. The van der Waals surface area contributed by atoms with Gasteiger partial charge in [-0.1, -0.05) is 6.92 Å². The molecule has 1 heterocycles. The summed E-state index contributed by atoms with van der Waals surface area (Å²) in [6.45, 7) is 5.86. The Morgan fingerprint density at radius 3 is 2.65 bits per heavy atom. The Hall–Kier alpha value is -2.06. The minimum atomic E-state index is -0.821. The molecule has 0 radical (unpaired) electrons. The van der Waals surface area contributed by atoms with Gasteiger partial charge < -0.3 is 24.5 Å². The van der Waals surface area contributed by atoms with Crippen molar-refractivity contribution in [2.24, 2.45) is 0 Å². The van der Waals surface area contributed by atoms with Gasteiger partial charge in [0.2, 0.25) is 0 Å². The summed E-state index contributed by atoms with van der Waals surface area (Å²) >= 11 is 0. The zero-order chi connectivity index (χ0) is 19.1. The fourth-order valence-electron chi connectivity index (χ4n) is 3.15. The average molecular weight is 367 g/mol. The number of likely N-dealkylation sites (N-methyl/N-ethyl adjacent to an activating group) is 1. The van der Waals surface area contributed by atoms with Crippen molar-refractivity contribution in [3.63, 3.8) is 0 Å². The molecular weight excluding hydrogens is 338 g/mol. The van der Waals surface area contributed by atoms with Crippen LogP contribution in [-0.4, -0.2) is 72.3 Å². The number of methoxy groups -OCH3 is 1. The Balaban J connectivity index is 1.84. The Morgan fingerprint density at radius 1 is 1.38 bits per heavy atom. The number of carboxylic acids is 1. The molecule has 8 nitrogen and oxygen atoms in total. The predicted octanol–water partition coefficient (Wildman–Crippen LogP) is 1.68. The quantitative estimate of drug-likeness (QED) is 0.653. The number of rotatable bonds is 10. The first-order chi connectivity index (χ1) is 12.4. The second kappa shape index (κ2) is 9.59. The first-order valence-electron chi connectivity index (χ1n) is 8.98. The van der Waals surface area contributed by atoms with Crippen LogP contribution in [0, 0.1) is 6.92 Å². The molecular formula is C18H29N3O5. The number of urea groups is 1. The van der Waals surface area contributed by atoms with E-state index in [1.165, 1.54) is 0 Å². The smallest absolute Gasteiger partial charge is 0.318 e. The Kier molecular flexibility index (Phi) is 7.47. The van der Waals surface area contributed by atoms with Gasteiger partial charge in [0.05, 0.1) is 19.7 Å². The van der Waals surface area contributed by atoms with Crippen LogP contribution in [0.5, 0.6) is 0 Å². The zero-order valence-electron chi connectivity index (χ0n) is 15.7. The number of nitrogens with zero attached hydrogens (tertiary/aromatic N) is 2. The second-order valence-electron chi connectivity index (χ2n) is 6.66. The van der Waals surface area contributed by atoms with Crippen LogP contribution in [0.1, 0.15) is 31.3 Å². The van der Waals surface area contributed by atoms with Crippen molar-refractivity contribution in [2.75, 3.05) is 33.4 Å². The number of hydrogen-bond acceptors (Lipinski definition) is 5.